The molecule has 0 radical (unpaired) electrons. The minimum absolute atomic E-state index is 0.0226. The molecule has 4 saturated heterocycles. The van der Waals surface area contributed by atoms with Crippen molar-refractivity contribution in [2.75, 3.05) is 51.8 Å². The molecule has 0 spiro atoms. The molecule has 4 aromatic rings. The van der Waals surface area contributed by atoms with Crippen molar-refractivity contribution in [1.82, 2.24) is 30.1 Å². The van der Waals surface area contributed by atoms with Crippen molar-refractivity contribution < 1.29 is 23.8 Å². The van der Waals surface area contributed by atoms with Crippen molar-refractivity contribution in [2.45, 2.75) is 62.2 Å². The molecule has 8 rings (SSSR count). The number of hydrogen-bond donors (Lipinski definition) is 2. The highest BCUT2D eigenvalue weighted by Gasteiger charge is 2.50. The maximum Gasteiger partial charge on any atom is 0.409 e. The van der Waals surface area contributed by atoms with Crippen LogP contribution in [0.15, 0.2) is 36.4 Å². The number of fused-ring (bicyclic) bond motifs is 5. The fourth-order valence-electron chi connectivity index (χ4n) is 8.45. The Morgan fingerprint density at radius 1 is 1.12 bits per heavy atom. The number of terminal acetylenes is 1. The van der Waals surface area contributed by atoms with Crippen LogP contribution in [0.4, 0.5) is 15.0 Å². The van der Waals surface area contributed by atoms with Gasteiger partial charge in [-0.2, -0.15) is 9.97 Å². The van der Waals surface area contributed by atoms with Crippen LogP contribution >= 0.6 is 0 Å². The van der Waals surface area contributed by atoms with Crippen molar-refractivity contribution in [3.05, 3.63) is 47.8 Å². The number of aromatic hydroxyl groups is 1. The number of pyridine rings is 1. The molecule has 12 heteroatoms. The Morgan fingerprint density at radius 2 is 1.94 bits per heavy atom. The third-order valence-electron chi connectivity index (χ3n) is 10.8. The Morgan fingerprint density at radius 3 is 2.71 bits per heavy atom. The summed E-state index contributed by atoms with van der Waals surface area (Å²) >= 11 is 0. The number of ether oxygens (including phenoxy) is 2. The number of hydrogen-bond acceptors (Lipinski definition) is 10. The summed E-state index contributed by atoms with van der Waals surface area (Å²) < 4.78 is 27.0. The third-order valence-corrected chi connectivity index (χ3v) is 10.8. The first-order chi connectivity index (χ1) is 23.7. The largest absolute Gasteiger partial charge is 0.508 e. The van der Waals surface area contributed by atoms with E-state index < -0.39 is 5.82 Å². The number of halogens is 1. The Hall–Kier alpha value is -4.73. The van der Waals surface area contributed by atoms with Gasteiger partial charge in [0.05, 0.1) is 22.2 Å². The molecule has 2 aromatic carbocycles. The van der Waals surface area contributed by atoms with E-state index in [-0.39, 0.29) is 35.0 Å². The zero-order valence-electron chi connectivity index (χ0n) is 27.8. The molecule has 1 amide bonds. The molecule has 2 aromatic heterocycles. The number of nitrogens with one attached hydrogen (secondary N) is 1. The van der Waals surface area contributed by atoms with E-state index in [2.05, 4.69) is 21.0 Å². The van der Waals surface area contributed by atoms with E-state index in [0.29, 0.717) is 53.0 Å². The van der Waals surface area contributed by atoms with Gasteiger partial charge in [0.15, 0.2) is 5.65 Å². The highest BCUT2D eigenvalue weighted by atomic mass is 19.1. The minimum Gasteiger partial charge on any atom is -0.508 e. The quantitative estimate of drug-likeness (QED) is 0.270. The molecule has 49 heavy (non-hydrogen) atoms. The topological polar surface area (TPSA) is 116 Å². The summed E-state index contributed by atoms with van der Waals surface area (Å²) in [5, 5.41) is 16.2. The summed E-state index contributed by atoms with van der Waals surface area (Å²) in [5.41, 5.74) is 1.38. The van der Waals surface area contributed by atoms with Gasteiger partial charge in [-0.15, -0.1) is 6.42 Å². The molecule has 2 unspecified atom stereocenters. The van der Waals surface area contributed by atoms with Crippen LogP contribution in [-0.2, 0) is 4.74 Å². The Kier molecular flexibility index (Phi) is 7.92. The van der Waals surface area contributed by atoms with Crippen LogP contribution in [0, 0.1) is 18.2 Å². The van der Waals surface area contributed by atoms with Gasteiger partial charge in [0.2, 0.25) is 0 Å². The van der Waals surface area contributed by atoms with E-state index in [0.717, 1.165) is 69.4 Å². The van der Waals surface area contributed by atoms with Crippen LogP contribution in [0.5, 0.6) is 11.8 Å². The number of carbonyl (C=O) groups excluding carboxylic acids is 1. The first-order valence-electron chi connectivity index (χ1n) is 17.1. The van der Waals surface area contributed by atoms with Gasteiger partial charge in [0.1, 0.15) is 30.6 Å². The van der Waals surface area contributed by atoms with E-state index in [1.165, 1.54) is 11.0 Å². The van der Waals surface area contributed by atoms with Gasteiger partial charge in [-0.05, 0) is 80.8 Å². The standard InChI is InChI=1S/C37H40FN7O4/c1-4-27-30(38)10-6-22-16-26(46)17-29(32(22)27)31-11-9-28-33(40-31)41-35(42-34(28)44-18-23-7-8-24(19-44)39-23)49-21-37-13-5-15-45(37)25(12-14-37)20-48-36(47)43(2)3/h1,6,9-11,16-17,23-25,39,46H,5,7-8,12-15,18-21H2,2-3H3/t23?,24?,25-,37-/m1/s1. The first kappa shape index (κ1) is 31.5. The SMILES string of the molecule is C#Cc1c(F)ccc2cc(O)cc(-c3ccc4c(N5CC6CCC(C5)N6)nc(OC[C@]56CCCN5[C@@H](COC(=O)N(C)C)CC6)nc4n3)c12. The molecule has 4 aliphatic rings. The summed E-state index contributed by atoms with van der Waals surface area (Å²) in [6.07, 6.45) is 11.5. The molecule has 4 atom stereocenters. The zero-order valence-corrected chi connectivity index (χ0v) is 27.8. The lowest BCUT2D eigenvalue weighted by molar-refractivity contribution is 0.0484. The van der Waals surface area contributed by atoms with E-state index in [1.807, 2.05) is 12.1 Å². The van der Waals surface area contributed by atoms with E-state index in [1.54, 1.807) is 32.3 Å². The number of phenolic OH excluding ortho intramolecular Hbond substituents is 1. The highest BCUT2D eigenvalue weighted by molar-refractivity contribution is 6.02. The molecule has 0 aliphatic carbocycles. The first-order valence-corrected chi connectivity index (χ1v) is 17.1. The summed E-state index contributed by atoms with van der Waals surface area (Å²) in [6, 6.07) is 11.0. The molecule has 2 N–H and O–H groups in total. The van der Waals surface area contributed by atoms with Gasteiger partial charge >= 0.3 is 12.1 Å². The molecule has 4 fully saturated rings. The number of anilines is 1. The molecule has 254 valence electrons. The van der Waals surface area contributed by atoms with Gasteiger partial charge in [-0.1, -0.05) is 12.0 Å². The summed E-state index contributed by atoms with van der Waals surface area (Å²) in [6.45, 7) is 3.31. The molecule has 2 bridgehead atoms. The molecular formula is C37H40FN7O4. The Bertz CT molecular complexity index is 1990. The van der Waals surface area contributed by atoms with E-state index in [9.17, 15) is 14.3 Å². The van der Waals surface area contributed by atoms with Crippen molar-refractivity contribution in [3.63, 3.8) is 0 Å². The van der Waals surface area contributed by atoms with Crippen LogP contribution in [0.3, 0.4) is 0 Å². The molecule has 6 heterocycles. The summed E-state index contributed by atoms with van der Waals surface area (Å²) in [7, 11) is 3.37. The second-order valence-corrected chi connectivity index (χ2v) is 14.1. The fourth-order valence-corrected chi connectivity index (χ4v) is 8.45. The molecule has 4 aliphatic heterocycles. The average molecular weight is 666 g/mol. The van der Waals surface area contributed by atoms with E-state index >= 15 is 0 Å². The lowest BCUT2D eigenvalue weighted by Crippen LogP contribution is -2.51. The Labute approximate surface area is 284 Å². The summed E-state index contributed by atoms with van der Waals surface area (Å²) in [4.78, 5) is 33.2. The minimum atomic E-state index is -0.512. The van der Waals surface area contributed by atoms with Gasteiger partial charge in [0, 0.05) is 56.3 Å². The number of carbonyl (C=O) groups is 1. The van der Waals surface area contributed by atoms with Crippen molar-refractivity contribution in [2.24, 2.45) is 0 Å². The van der Waals surface area contributed by atoms with E-state index in [4.69, 9.17) is 30.8 Å². The molecular weight excluding hydrogens is 625 g/mol. The lowest BCUT2D eigenvalue weighted by Gasteiger charge is -2.35. The van der Waals surface area contributed by atoms with Gasteiger partial charge in [-0.25, -0.2) is 14.2 Å². The van der Waals surface area contributed by atoms with Crippen molar-refractivity contribution in [3.8, 4) is 35.4 Å². The fraction of sp³-hybridized carbons (Fsp3) is 0.459. The predicted octanol–water partition coefficient (Wildman–Crippen LogP) is 4.69. The van der Waals surface area contributed by atoms with Crippen LogP contribution in [-0.4, -0.2) is 107 Å². The average Bonchev–Trinajstić information content (AvgIpc) is 3.77. The second-order valence-electron chi connectivity index (χ2n) is 14.1. The van der Waals surface area contributed by atoms with Gasteiger partial charge in [-0.3, -0.25) is 4.90 Å². The second kappa shape index (κ2) is 12.3. The number of rotatable bonds is 7. The van der Waals surface area contributed by atoms with Crippen LogP contribution in [0.2, 0.25) is 0 Å². The highest BCUT2D eigenvalue weighted by Crippen LogP contribution is 2.43. The monoisotopic (exact) mass is 665 g/mol. The zero-order chi connectivity index (χ0) is 33.9. The molecule has 0 saturated carbocycles. The smallest absolute Gasteiger partial charge is 0.409 e. The van der Waals surface area contributed by atoms with Crippen LogP contribution in [0.25, 0.3) is 33.1 Å². The summed E-state index contributed by atoms with van der Waals surface area (Å²) in [5.74, 6) is 2.77. The van der Waals surface area contributed by atoms with Gasteiger partial charge < -0.3 is 29.7 Å². The van der Waals surface area contributed by atoms with Crippen molar-refractivity contribution >= 4 is 33.7 Å². The van der Waals surface area contributed by atoms with Gasteiger partial charge in [0.25, 0.3) is 0 Å². The number of aromatic nitrogens is 3. The Balaban J connectivity index is 1.16. The normalized spacial score (nSPS) is 24.7. The number of piperazine rings is 1. The van der Waals surface area contributed by atoms with Crippen LogP contribution < -0.4 is 15.0 Å². The van der Waals surface area contributed by atoms with Crippen molar-refractivity contribution in [1.29, 1.82) is 0 Å². The maximum absolute atomic E-state index is 14.9. The number of nitrogens with zero attached hydrogens (tertiary/aromatic N) is 6. The lowest BCUT2D eigenvalue weighted by atomic mass is 9.95. The maximum atomic E-state index is 14.9. The molecule has 11 nitrogen and oxygen atoms in total. The van der Waals surface area contributed by atoms with Crippen LogP contribution in [0.1, 0.15) is 44.1 Å². The number of benzene rings is 2. The predicted molar refractivity (Wildman–Crippen MR) is 184 cm³/mol. The number of phenols is 1. The number of amides is 1. The third kappa shape index (κ3) is 5.64.